The van der Waals surface area contributed by atoms with Crippen molar-refractivity contribution in [3.63, 3.8) is 0 Å². The highest BCUT2D eigenvalue weighted by Crippen LogP contribution is 2.33. The van der Waals surface area contributed by atoms with E-state index in [1.54, 1.807) is 7.11 Å². The summed E-state index contributed by atoms with van der Waals surface area (Å²) in [7, 11) is 1.77. The van der Waals surface area contributed by atoms with E-state index < -0.39 is 0 Å². The van der Waals surface area contributed by atoms with Gasteiger partial charge in [-0.3, -0.25) is 0 Å². The average molecular weight is 378 g/mol. The lowest BCUT2D eigenvalue weighted by molar-refractivity contribution is 0.188. The molecular formula is C24H31N3O. The van der Waals surface area contributed by atoms with Crippen molar-refractivity contribution in [3.05, 3.63) is 59.4 Å². The van der Waals surface area contributed by atoms with Crippen LogP contribution < -0.4 is 4.90 Å². The minimum atomic E-state index is 0.720. The van der Waals surface area contributed by atoms with Gasteiger partial charge in [0.1, 0.15) is 0 Å². The summed E-state index contributed by atoms with van der Waals surface area (Å²) < 4.78 is 7.76. The molecule has 3 aromatic rings. The Hall–Kier alpha value is -2.33. The van der Waals surface area contributed by atoms with Gasteiger partial charge in [0.05, 0.1) is 12.1 Å². The average Bonchev–Trinajstić information content (AvgIpc) is 2.98. The van der Waals surface area contributed by atoms with E-state index in [0.29, 0.717) is 0 Å². The molecule has 0 spiro atoms. The smallest absolute Gasteiger partial charge is 0.153 e. The van der Waals surface area contributed by atoms with Gasteiger partial charge in [-0.15, -0.1) is 0 Å². The van der Waals surface area contributed by atoms with Crippen molar-refractivity contribution in [1.29, 1.82) is 0 Å². The monoisotopic (exact) mass is 377 g/mol. The van der Waals surface area contributed by atoms with Gasteiger partial charge in [-0.1, -0.05) is 30.3 Å². The van der Waals surface area contributed by atoms with Crippen LogP contribution in [-0.2, 0) is 17.7 Å². The number of piperidine rings is 1. The first-order chi connectivity index (χ1) is 13.7. The third-order valence-electron chi connectivity index (χ3n) is 6.33. The summed E-state index contributed by atoms with van der Waals surface area (Å²) in [5.41, 5.74) is 5.41. The Morgan fingerprint density at radius 1 is 1.07 bits per heavy atom. The van der Waals surface area contributed by atoms with Crippen LogP contribution in [0.2, 0.25) is 0 Å². The molecule has 0 radical (unpaired) electrons. The number of aromatic nitrogens is 2. The zero-order valence-corrected chi connectivity index (χ0v) is 17.3. The number of rotatable bonds is 6. The number of anilines is 1. The van der Waals surface area contributed by atoms with Crippen LogP contribution in [0.3, 0.4) is 0 Å². The van der Waals surface area contributed by atoms with Crippen molar-refractivity contribution in [3.8, 4) is 0 Å². The number of pyridine rings is 1. The first-order valence-corrected chi connectivity index (χ1v) is 10.4. The fraction of sp³-hybridized carbons (Fsp3) is 0.458. The van der Waals surface area contributed by atoms with Crippen LogP contribution in [0.1, 0.15) is 29.7 Å². The van der Waals surface area contributed by atoms with Crippen LogP contribution in [0.25, 0.3) is 10.9 Å². The van der Waals surface area contributed by atoms with Gasteiger partial charge in [-0.25, -0.2) is 4.98 Å². The SMILES string of the molecule is COCCn1c(C)c(C)c2ccnc(N3CCC(Cc4ccccc4)CC3)c21. The molecule has 0 atom stereocenters. The molecule has 4 rings (SSSR count). The first kappa shape index (κ1) is 19.0. The van der Waals surface area contributed by atoms with Crippen LogP contribution in [0.15, 0.2) is 42.6 Å². The third kappa shape index (κ3) is 3.66. The number of benzene rings is 1. The topological polar surface area (TPSA) is 30.3 Å². The highest BCUT2D eigenvalue weighted by atomic mass is 16.5. The lowest BCUT2D eigenvalue weighted by Gasteiger charge is -2.33. The fourth-order valence-electron chi connectivity index (χ4n) is 4.57. The van der Waals surface area contributed by atoms with Crippen molar-refractivity contribution in [2.75, 3.05) is 31.7 Å². The maximum atomic E-state index is 5.36. The normalized spacial score (nSPS) is 15.5. The zero-order valence-electron chi connectivity index (χ0n) is 17.3. The lowest BCUT2D eigenvalue weighted by Crippen LogP contribution is -2.35. The Balaban J connectivity index is 1.56. The number of hydrogen-bond donors (Lipinski definition) is 0. The molecule has 28 heavy (non-hydrogen) atoms. The van der Waals surface area contributed by atoms with E-state index in [0.717, 1.165) is 38.0 Å². The molecule has 0 aliphatic carbocycles. The Kier molecular flexibility index (Phi) is 5.67. The molecule has 0 amide bonds. The summed E-state index contributed by atoms with van der Waals surface area (Å²) >= 11 is 0. The Morgan fingerprint density at radius 2 is 1.82 bits per heavy atom. The molecule has 1 aromatic carbocycles. The molecule has 2 aromatic heterocycles. The summed E-state index contributed by atoms with van der Waals surface area (Å²) in [4.78, 5) is 7.32. The van der Waals surface area contributed by atoms with Crippen LogP contribution in [0.4, 0.5) is 5.82 Å². The summed E-state index contributed by atoms with van der Waals surface area (Å²) in [5, 5.41) is 1.32. The second kappa shape index (κ2) is 8.36. The zero-order chi connectivity index (χ0) is 19.5. The molecule has 1 aliphatic heterocycles. The minimum Gasteiger partial charge on any atom is -0.383 e. The second-order valence-electron chi connectivity index (χ2n) is 8.01. The van der Waals surface area contributed by atoms with Crippen molar-refractivity contribution >= 4 is 16.7 Å². The molecule has 4 nitrogen and oxygen atoms in total. The number of methoxy groups -OCH3 is 1. The molecular weight excluding hydrogens is 346 g/mol. The second-order valence-corrected chi connectivity index (χ2v) is 8.01. The van der Waals surface area contributed by atoms with Gasteiger partial charge in [-0.2, -0.15) is 0 Å². The molecule has 4 heteroatoms. The predicted molar refractivity (Wildman–Crippen MR) is 116 cm³/mol. The number of aryl methyl sites for hydroxylation is 1. The van der Waals surface area contributed by atoms with E-state index in [9.17, 15) is 0 Å². The van der Waals surface area contributed by atoms with Gasteiger partial charge in [0, 0.05) is 44.0 Å². The maximum Gasteiger partial charge on any atom is 0.153 e. The van der Waals surface area contributed by atoms with Crippen LogP contribution in [-0.4, -0.2) is 36.4 Å². The van der Waals surface area contributed by atoms with Crippen molar-refractivity contribution in [1.82, 2.24) is 9.55 Å². The molecule has 0 unspecified atom stereocenters. The van der Waals surface area contributed by atoms with Gasteiger partial charge in [-0.05, 0) is 56.2 Å². The summed E-state index contributed by atoms with van der Waals surface area (Å²) in [5.74, 6) is 1.91. The number of nitrogens with zero attached hydrogens (tertiary/aromatic N) is 3. The van der Waals surface area contributed by atoms with Crippen molar-refractivity contribution in [2.24, 2.45) is 5.92 Å². The molecule has 1 saturated heterocycles. The molecule has 3 heterocycles. The Morgan fingerprint density at radius 3 is 2.54 bits per heavy atom. The highest BCUT2D eigenvalue weighted by Gasteiger charge is 2.24. The predicted octanol–water partition coefficient (Wildman–Crippen LogP) is 4.76. The van der Waals surface area contributed by atoms with E-state index in [-0.39, 0.29) is 0 Å². The van der Waals surface area contributed by atoms with E-state index in [4.69, 9.17) is 9.72 Å². The van der Waals surface area contributed by atoms with Crippen LogP contribution >= 0.6 is 0 Å². The van der Waals surface area contributed by atoms with E-state index in [2.05, 4.69) is 59.7 Å². The molecule has 1 aliphatic rings. The number of hydrogen-bond acceptors (Lipinski definition) is 3. The van der Waals surface area contributed by atoms with Gasteiger partial charge >= 0.3 is 0 Å². The van der Waals surface area contributed by atoms with Gasteiger partial charge < -0.3 is 14.2 Å². The van der Waals surface area contributed by atoms with Crippen LogP contribution in [0, 0.1) is 19.8 Å². The van der Waals surface area contributed by atoms with Gasteiger partial charge in [0.15, 0.2) is 5.82 Å². The summed E-state index contributed by atoms with van der Waals surface area (Å²) in [6.45, 7) is 8.18. The van der Waals surface area contributed by atoms with Crippen LogP contribution in [0.5, 0.6) is 0 Å². The third-order valence-corrected chi connectivity index (χ3v) is 6.33. The lowest BCUT2D eigenvalue weighted by atomic mass is 9.90. The first-order valence-electron chi connectivity index (χ1n) is 10.4. The quantitative estimate of drug-likeness (QED) is 0.620. The van der Waals surface area contributed by atoms with E-state index >= 15 is 0 Å². The van der Waals surface area contributed by atoms with E-state index in [1.165, 1.54) is 47.0 Å². The van der Waals surface area contributed by atoms with Gasteiger partial charge in [0.2, 0.25) is 0 Å². The molecule has 0 saturated carbocycles. The molecule has 0 N–H and O–H groups in total. The molecule has 0 bridgehead atoms. The highest BCUT2D eigenvalue weighted by molar-refractivity contribution is 5.93. The molecule has 148 valence electrons. The van der Waals surface area contributed by atoms with Gasteiger partial charge in [0.25, 0.3) is 0 Å². The summed E-state index contributed by atoms with van der Waals surface area (Å²) in [6, 6.07) is 13.1. The standard InChI is InChI=1S/C24H31N3O/c1-18-19(2)27(15-16-28-3)23-22(18)9-12-25-24(23)26-13-10-21(11-14-26)17-20-7-5-4-6-8-20/h4-9,12,21H,10-11,13-17H2,1-3H3. The molecule has 1 fully saturated rings. The van der Waals surface area contributed by atoms with Crippen molar-refractivity contribution in [2.45, 2.75) is 39.7 Å². The van der Waals surface area contributed by atoms with E-state index in [1.807, 2.05) is 6.20 Å². The number of fused-ring (bicyclic) bond motifs is 1. The Bertz CT molecular complexity index is 924. The largest absolute Gasteiger partial charge is 0.383 e. The van der Waals surface area contributed by atoms with Crippen molar-refractivity contribution < 1.29 is 4.74 Å². The number of ether oxygens (including phenoxy) is 1. The fourth-order valence-corrected chi connectivity index (χ4v) is 4.57. The Labute approximate surface area is 168 Å². The maximum absolute atomic E-state index is 5.36. The minimum absolute atomic E-state index is 0.720. The summed E-state index contributed by atoms with van der Waals surface area (Å²) in [6.07, 6.45) is 5.61.